The molecule has 0 saturated carbocycles. The third-order valence-corrected chi connectivity index (χ3v) is 6.40. The molecule has 0 aliphatic heterocycles. The highest BCUT2D eigenvalue weighted by atomic mass is 32.2. The number of Topliss-reactive ketones (excluding diaryl/α,β-unsaturated/α-hetero) is 1. The van der Waals surface area contributed by atoms with E-state index in [9.17, 15) is 9.59 Å². The van der Waals surface area contributed by atoms with Crippen LogP contribution >= 0.6 is 23.1 Å². The summed E-state index contributed by atoms with van der Waals surface area (Å²) >= 11 is 2.55. The van der Waals surface area contributed by atoms with Crippen LogP contribution in [0.5, 0.6) is 5.75 Å². The number of amides is 1. The van der Waals surface area contributed by atoms with Gasteiger partial charge in [-0.15, -0.1) is 10.2 Å². The highest BCUT2D eigenvalue weighted by Gasteiger charge is 2.13. The second kappa shape index (κ2) is 12.2. The number of ketones is 1. The van der Waals surface area contributed by atoms with Crippen molar-refractivity contribution in [2.45, 2.75) is 36.9 Å². The quantitative estimate of drug-likeness (QED) is 0.163. The zero-order valence-electron chi connectivity index (χ0n) is 17.4. The van der Waals surface area contributed by atoms with Crippen LogP contribution in [0.4, 0.5) is 5.13 Å². The molecule has 0 fully saturated rings. The molecular weight excluding hydrogens is 430 g/mol. The fourth-order valence-electron chi connectivity index (χ4n) is 2.74. The van der Waals surface area contributed by atoms with Gasteiger partial charge in [0.25, 0.3) is 5.91 Å². The molecule has 0 spiro atoms. The summed E-state index contributed by atoms with van der Waals surface area (Å²) < 4.78 is 6.34. The highest BCUT2D eigenvalue weighted by Crippen LogP contribution is 2.26. The third-order valence-electron chi connectivity index (χ3n) is 4.43. The Balaban J connectivity index is 1.45. The van der Waals surface area contributed by atoms with Crippen LogP contribution in [-0.4, -0.2) is 34.2 Å². The van der Waals surface area contributed by atoms with E-state index in [0.29, 0.717) is 27.2 Å². The molecule has 162 valence electrons. The summed E-state index contributed by atoms with van der Waals surface area (Å²) in [6, 6.07) is 16.2. The summed E-state index contributed by atoms with van der Waals surface area (Å²) in [6.45, 7) is 2.86. The maximum atomic E-state index is 12.4. The maximum absolute atomic E-state index is 12.4. The lowest BCUT2D eigenvalue weighted by atomic mass is 10.2. The SMILES string of the molecule is CCCCCCOc1ccc(C(=O)Nc2nnc(SCC(=O)c3ccccc3)s2)cc1. The van der Waals surface area contributed by atoms with Gasteiger partial charge in [-0.2, -0.15) is 0 Å². The van der Waals surface area contributed by atoms with E-state index >= 15 is 0 Å². The van der Waals surface area contributed by atoms with Crippen molar-refractivity contribution < 1.29 is 14.3 Å². The molecule has 1 heterocycles. The topological polar surface area (TPSA) is 81.2 Å². The molecule has 0 aliphatic rings. The molecule has 1 N–H and O–H groups in total. The first-order valence-electron chi connectivity index (χ1n) is 10.2. The molecular formula is C23H25N3O3S2. The van der Waals surface area contributed by atoms with Crippen LogP contribution in [0, 0.1) is 0 Å². The minimum absolute atomic E-state index is 0.0269. The fourth-order valence-corrected chi connectivity index (χ4v) is 4.39. The van der Waals surface area contributed by atoms with E-state index < -0.39 is 0 Å². The smallest absolute Gasteiger partial charge is 0.257 e. The minimum Gasteiger partial charge on any atom is -0.494 e. The Kier molecular flexibility index (Phi) is 9.05. The molecule has 0 aliphatic carbocycles. The molecule has 8 heteroatoms. The number of thioether (sulfide) groups is 1. The number of carbonyl (C=O) groups is 2. The van der Waals surface area contributed by atoms with Gasteiger partial charge in [0.15, 0.2) is 10.1 Å². The summed E-state index contributed by atoms with van der Waals surface area (Å²) in [5, 5.41) is 11.2. The van der Waals surface area contributed by atoms with Gasteiger partial charge in [-0.05, 0) is 30.7 Å². The summed E-state index contributed by atoms with van der Waals surface area (Å²) in [6.07, 6.45) is 4.62. The van der Waals surface area contributed by atoms with Crippen LogP contribution in [0.3, 0.4) is 0 Å². The number of unbranched alkanes of at least 4 members (excludes halogenated alkanes) is 3. The molecule has 6 nitrogen and oxygen atoms in total. The highest BCUT2D eigenvalue weighted by molar-refractivity contribution is 8.01. The van der Waals surface area contributed by atoms with Crippen molar-refractivity contribution in [3.05, 3.63) is 65.7 Å². The molecule has 0 bridgehead atoms. The predicted molar refractivity (Wildman–Crippen MR) is 125 cm³/mol. The fraction of sp³-hybridized carbons (Fsp3) is 0.304. The van der Waals surface area contributed by atoms with Gasteiger partial charge in [0.2, 0.25) is 5.13 Å². The van der Waals surface area contributed by atoms with Crippen molar-refractivity contribution >= 4 is 39.9 Å². The number of nitrogens with zero attached hydrogens (tertiary/aromatic N) is 2. The van der Waals surface area contributed by atoms with Crippen LogP contribution in [-0.2, 0) is 0 Å². The molecule has 2 aromatic carbocycles. The molecule has 31 heavy (non-hydrogen) atoms. The number of anilines is 1. The summed E-state index contributed by atoms with van der Waals surface area (Å²) in [5.74, 6) is 0.791. The molecule has 0 unspecified atom stereocenters. The number of hydrogen-bond acceptors (Lipinski definition) is 7. The van der Waals surface area contributed by atoms with E-state index in [2.05, 4.69) is 22.4 Å². The van der Waals surface area contributed by atoms with Crippen LogP contribution < -0.4 is 10.1 Å². The molecule has 1 aromatic heterocycles. The average molecular weight is 456 g/mol. The Morgan fingerprint density at radius 3 is 2.48 bits per heavy atom. The van der Waals surface area contributed by atoms with Gasteiger partial charge in [0, 0.05) is 11.1 Å². The van der Waals surface area contributed by atoms with Crippen molar-refractivity contribution in [1.82, 2.24) is 10.2 Å². The number of carbonyl (C=O) groups excluding carboxylic acids is 2. The summed E-state index contributed by atoms with van der Waals surface area (Å²) in [7, 11) is 0. The second-order valence-corrected chi connectivity index (χ2v) is 9.04. The zero-order valence-corrected chi connectivity index (χ0v) is 19.0. The van der Waals surface area contributed by atoms with Gasteiger partial charge >= 0.3 is 0 Å². The van der Waals surface area contributed by atoms with Crippen LogP contribution in [0.2, 0.25) is 0 Å². The standard InChI is InChI=1S/C23H25N3O3S2/c1-2-3-4-8-15-29-19-13-11-18(12-14-19)21(28)24-22-25-26-23(31-22)30-16-20(27)17-9-6-5-7-10-17/h5-7,9-14H,2-4,8,15-16H2,1H3,(H,24,25,28). The normalized spacial score (nSPS) is 10.6. The molecule has 3 rings (SSSR count). The zero-order chi connectivity index (χ0) is 21.9. The van der Waals surface area contributed by atoms with Crippen molar-refractivity contribution in [2.24, 2.45) is 0 Å². The van der Waals surface area contributed by atoms with Crippen molar-refractivity contribution in [3.63, 3.8) is 0 Å². The van der Waals surface area contributed by atoms with E-state index in [4.69, 9.17) is 4.74 Å². The first-order valence-corrected chi connectivity index (χ1v) is 12.0. The molecule has 3 aromatic rings. The molecule has 1 amide bonds. The molecule has 0 atom stereocenters. The van der Waals surface area contributed by atoms with Crippen LogP contribution in [0.15, 0.2) is 58.9 Å². The van der Waals surface area contributed by atoms with Gasteiger partial charge in [-0.3, -0.25) is 14.9 Å². The van der Waals surface area contributed by atoms with Crippen molar-refractivity contribution in [1.29, 1.82) is 0 Å². The monoisotopic (exact) mass is 455 g/mol. The first-order chi connectivity index (χ1) is 15.2. The van der Waals surface area contributed by atoms with Gasteiger partial charge in [0.1, 0.15) is 5.75 Å². The Labute approximate surface area is 190 Å². The van der Waals surface area contributed by atoms with Crippen molar-refractivity contribution in [3.8, 4) is 5.75 Å². The van der Waals surface area contributed by atoms with Crippen molar-refractivity contribution in [2.75, 3.05) is 17.7 Å². The van der Waals surface area contributed by atoms with Crippen LogP contribution in [0.25, 0.3) is 0 Å². The Morgan fingerprint density at radius 1 is 0.968 bits per heavy atom. The Morgan fingerprint density at radius 2 is 1.74 bits per heavy atom. The average Bonchev–Trinajstić information content (AvgIpc) is 3.25. The number of benzene rings is 2. The number of hydrogen-bond donors (Lipinski definition) is 1. The Hall–Kier alpha value is -2.71. The van der Waals surface area contributed by atoms with E-state index in [1.165, 1.54) is 42.4 Å². The number of aromatic nitrogens is 2. The van der Waals surface area contributed by atoms with E-state index in [-0.39, 0.29) is 17.4 Å². The maximum Gasteiger partial charge on any atom is 0.257 e. The first kappa shape index (κ1) is 23.0. The van der Waals surface area contributed by atoms with Gasteiger partial charge in [0.05, 0.1) is 12.4 Å². The third kappa shape index (κ3) is 7.48. The lowest BCUT2D eigenvalue weighted by molar-refractivity contribution is 0.101. The van der Waals surface area contributed by atoms with Gasteiger partial charge in [-0.1, -0.05) is 79.6 Å². The second-order valence-electron chi connectivity index (χ2n) is 6.84. The lowest BCUT2D eigenvalue weighted by Gasteiger charge is -2.07. The lowest BCUT2D eigenvalue weighted by Crippen LogP contribution is -2.11. The van der Waals surface area contributed by atoms with E-state index in [1.54, 1.807) is 36.4 Å². The van der Waals surface area contributed by atoms with Crippen LogP contribution in [0.1, 0.15) is 53.3 Å². The largest absolute Gasteiger partial charge is 0.494 e. The number of nitrogens with one attached hydrogen (secondary N) is 1. The van der Waals surface area contributed by atoms with Gasteiger partial charge in [-0.25, -0.2) is 0 Å². The predicted octanol–water partition coefficient (Wildman–Crippen LogP) is 5.72. The van der Waals surface area contributed by atoms with Gasteiger partial charge < -0.3 is 4.74 Å². The minimum atomic E-state index is -0.262. The summed E-state index contributed by atoms with van der Waals surface area (Å²) in [4.78, 5) is 24.6. The number of rotatable bonds is 12. The molecule has 0 radical (unpaired) electrons. The molecule has 0 saturated heterocycles. The van der Waals surface area contributed by atoms with E-state index in [0.717, 1.165) is 12.2 Å². The Bertz CT molecular complexity index is 975. The number of ether oxygens (including phenoxy) is 1. The van der Waals surface area contributed by atoms with E-state index in [1.807, 2.05) is 18.2 Å². The summed E-state index contributed by atoms with van der Waals surface area (Å²) in [5.41, 5.74) is 1.18.